The van der Waals surface area contributed by atoms with Crippen molar-refractivity contribution < 1.29 is 18.7 Å². The number of benzene rings is 1. The SMILES string of the molecule is N[C@@H](CC(=O)O)c1cc(F)c(F)cc1Br. The van der Waals surface area contributed by atoms with Crippen molar-refractivity contribution in [2.75, 3.05) is 0 Å². The van der Waals surface area contributed by atoms with Crippen molar-refractivity contribution in [3.8, 4) is 0 Å². The number of nitrogens with two attached hydrogens (primary N) is 1. The van der Waals surface area contributed by atoms with E-state index >= 15 is 0 Å². The Hall–Kier alpha value is -1.01. The van der Waals surface area contributed by atoms with Gasteiger partial charge < -0.3 is 10.8 Å². The molecule has 0 aliphatic heterocycles. The zero-order valence-electron chi connectivity index (χ0n) is 7.51. The minimum Gasteiger partial charge on any atom is -0.481 e. The number of halogens is 3. The molecule has 0 heterocycles. The van der Waals surface area contributed by atoms with Crippen molar-refractivity contribution in [1.82, 2.24) is 0 Å². The first kappa shape index (κ1) is 12.1. The Morgan fingerprint density at radius 3 is 2.53 bits per heavy atom. The van der Waals surface area contributed by atoms with Crippen molar-refractivity contribution in [2.45, 2.75) is 12.5 Å². The highest BCUT2D eigenvalue weighted by atomic mass is 79.9. The van der Waals surface area contributed by atoms with Gasteiger partial charge in [0.2, 0.25) is 0 Å². The van der Waals surface area contributed by atoms with Crippen molar-refractivity contribution in [3.05, 3.63) is 33.8 Å². The largest absolute Gasteiger partial charge is 0.481 e. The van der Waals surface area contributed by atoms with Gasteiger partial charge in [-0.2, -0.15) is 0 Å². The number of carbonyl (C=O) groups is 1. The Bertz CT molecular complexity index is 398. The summed E-state index contributed by atoms with van der Waals surface area (Å²) in [5.74, 6) is -3.15. The van der Waals surface area contributed by atoms with Crippen LogP contribution in [0.1, 0.15) is 18.0 Å². The van der Waals surface area contributed by atoms with Gasteiger partial charge in [-0.15, -0.1) is 0 Å². The molecule has 0 fully saturated rings. The third-order valence-corrected chi connectivity index (χ3v) is 2.52. The fourth-order valence-electron chi connectivity index (χ4n) is 1.12. The van der Waals surface area contributed by atoms with Gasteiger partial charge >= 0.3 is 5.97 Å². The predicted molar refractivity (Wildman–Crippen MR) is 53.2 cm³/mol. The number of hydrogen-bond acceptors (Lipinski definition) is 2. The van der Waals surface area contributed by atoms with E-state index in [9.17, 15) is 13.6 Å². The molecule has 3 nitrogen and oxygen atoms in total. The van der Waals surface area contributed by atoms with E-state index in [1.54, 1.807) is 0 Å². The second-order valence-electron chi connectivity index (χ2n) is 2.99. The summed E-state index contributed by atoms with van der Waals surface area (Å²) in [5.41, 5.74) is 5.75. The van der Waals surface area contributed by atoms with Crippen LogP contribution in [0.2, 0.25) is 0 Å². The molecular formula is C9H8BrF2NO2. The van der Waals surface area contributed by atoms with E-state index in [-0.39, 0.29) is 16.5 Å². The fourth-order valence-corrected chi connectivity index (χ4v) is 1.73. The summed E-state index contributed by atoms with van der Waals surface area (Å²) in [6.45, 7) is 0. The van der Waals surface area contributed by atoms with Crippen molar-refractivity contribution in [3.63, 3.8) is 0 Å². The normalized spacial score (nSPS) is 12.5. The fraction of sp³-hybridized carbons (Fsp3) is 0.222. The molecule has 0 aliphatic rings. The van der Waals surface area contributed by atoms with Gasteiger partial charge in [0.25, 0.3) is 0 Å². The molecule has 0 radical (unpaired) electrons. The number of carboxylic acid groups (broad SMARTS) is 1. The number of carboxylic acids is 1. The molecule has 0 aromatic heterocycles. The Labute approximate surface area is 93.0 Å². The van der Waals surface area contributed by atoms with E-state index in [0.29, 0.717) is 0 Å². The molecule has 0 saturated carbocycles. The monoisotopic (exact) mass is 279 g/mol. The second-order valence-corrected chi connectivity index (χ2v) is 3.85. The van der Waals surface area contributed by atoms with Crippen molar-refractivity contribution in [2.24, 2.45) is 5.73 Å². The van der Waals surface area contributed by atoms with E-state index in [0.717, 1.165) is 12.1 Å². The lowest BCUT2D eigenvalue weighted by Gasteiger charge is -2.11. The van der Waals surface area contributed by atoms with Crippen LogP contribution < -0.4 is 5.73 Å². The average Bonchev–Trinajstić information content (AvgIpc) is 2.09. The van der Waals surface area contributed by atoms with Crippen LogP contribution >= 0.6 is 15.9 Å². The molecule has 0 spiro atoms. The maximum absolute atomic E-state index is 12.9. The Balaban J connectivity index is 3.03. The van der Waals surface area contributed by atoms with Gasteiger partial charge in [-0.1, -0.05) is 15.9 Å². The van der Waals surface area contributed by atoms with Gasteiger partial charge in [-0.25, -0.2) is 8.78 Å². The minimum atomic E-state index is -1.10. The van der Waals surface area contributed by atoms with Crippen molar-refractivity contribution >= 4 is 21.9 Å². The van der Waals surface area contributed by atoms with Gasteiger partial charge in [-0.3, -0.25) is 4.79 Å². The van der Waals surface area contributed by atoms with E-state index in [1.807, 2.05) is 0 Å². The summed E-state index contributed by atoms with van der Waals surface area (Å²) >= 11 is 2.99. The first-order valence-electron chi connectivity index (χ1n) is 4.03. The molecule has 15 heavy (non-hydrogen) atoms. The maximum Gasteiger partial charge on any atom is 0.305 e. The van der Waals surface area contributed by atoms with Crippen LogP contribution in [0.3, 0.4) is 0 Å². The molecule has 1 rings (SSSR count). The molecule has 0 unspecified atom stereocenters. The first-order valence-corrected chi connectivity index (χ1v) is 4.83. The predicted octanol–water partition coefficient (Wildman–Crippen LogP) is 2.20. The summed E-state index contributed by atoms with van der Waals surface area (Å²) in [5, 5.41) is 8.50. The molecule has 0 saturated heterocycles. The second kappa shape index (κ2) is 4.67. The molecule has 0 amide bonds. The average molecular weight is 280 g/mol. The van der Waals surface area contributed by atoms with Gasteiger partial charge in [0.15, 0.2) is 11.6 Å². The maximum atomic E-state index is 12.9. The molecule has 1 aromatic rings. The van der Waals surface area contributed by atoms with Gasteiger partial charge in [0, 0.05) is 10.5 Å². The molecule has 1 atom stereocenters. The quantitative estimate of drug-likeness (QED) is 0.834. The lowest BCUT2D eigenvalue weighted by molar-refractivity contribution is -0.137. The van der Waals surface area contributed by atoms with Crippen LogP contribution in [0, 0.1) is 11.6 Å². The molecule has 82 valence electrons. The van der Waals surface area contributed by atoms with Gasteiger partial charge in [0.05, 0.1) is 6.42 Å². The van der Waals surface area contributed by atoms with Crippen LogP contribution in [0.25, 0.3) is 0 Å². The molecule has 0 aliphatic carbocycles. The minimum absolute atomic E-state index is 0.233. The van der Waals surface area contributed by atoms with Crippen LogP contribution in [0.15, 0.2) is 16.6 Å². The zero-order valence-corrected chi connectivity index (χ0v) is 9.09. The number of aliphatic carboxylic acids is 1. The van der Waals surface area contributed by atoms with Crippen LogP contribution in [0.5, 0.6) is 0 Å². The van der Waals surface area contributed by atoms with E-state index < -0.39 is 23.6 Å². The molecule has 6 heteroatoms. The number of rotatable bonds is 3. The van der Waals surface area contributed by atoms with Gasteiger partial charge in [-0.05, 0) is 17.7 Å². The molecular weight excluding hydrogens is 272 g/mol. The number of hydrogen-bond donors (Lipinski definition) is 2. The summed E-state index contributed by atoms with van der Waals surface area (Å²) in [4.78, 5) is 10.4. The summed E-state index contributed by atoms with van der Waals surface area (Å²) in [7, 11) is 0. The smallest absolute Gasteiger partial charge is 0.305 e. The van der Waals surface area contributed by atoms with E-state index in [4.69, 9.17) is 10.8 Å². The summed E-state index contributed by atoms with van der Waals surface area (Å²) in [6.07, 6.45) is -0.344. The summed E-state index contributed by atoms with van der Waals surface area (Å²) in [6, 6.07) is 0.950. The highest BCUT2D eigenvalue weighted by molar-refractivity contribution is 9.10. The van der Waals surface area contributed by atoms with Crippen molar-refractivity contribution in [1.29, 1.82) is 0 Å². The molecule has 1 aromatic carbocycles. The Kier molecular flexibility index (Phi) is 3.76. The lowest BCUT2D eigenvalue weighted by atomic mass is 10.0. The van der Waals surface area contributed by atoms with Crippen LogP contribution in [0.4, 0.5) is 8.78 Å². The Morgan fingerprint density at radius 1 is 1.47 bits per heavy atom. The first-order chi connectivity index (χ1) is 6.91. The standard InChI is InChI=1S/C9H8BrF2NO2/c10-5-2-7(12)6(11)1-4(5)8(13)3-9(14)15/h1-2,8H,3,13H2,(H,14,15)/t8-/m0/s1. The molecule has 0 bridgehead atoms. The van der Waals surface area contributed by atoms with Crippen LogP contribution in [-0.4, -0.2) is 11.1 Å². The van der Waals surface area contributed by atoms with Crippen LogP contribution in [-0.2, 0) is 4.79 Å². The lowest BCUT2D eigenvalue weighted by Crippen LogP contribution is -2.16. The topological polar surface area (TPSA) is 63.3 Å². The van der Waals surface area contributed by atoms with E-state index in [1.165, 1.54) is 0 Å². The highest BCUT2D eigenvalue weighted by Crippen LogP contribution is 2.26. The zero-order chi connectivity index (χ0) is 11.6. The highest BCUT2D eigenvalue weighted by Gasteiger charge is 2.16. The Morgan fingerprint density at radius 2 is 2.00 bits per heavy atom. The molecule has 3 N–H and O–H groups in total. The van der Waals surface area contributed by atoms with E-state index in [2.05, 4.69) is 15.9 Å². The summed E-state index contributed by atoms with van der Waals surface area (Å²) < 4.78 is 25.8. The third kappa shape index (κ3) is 2.97. The third-order valence-electron chi connectivity index (χ3n) is 1.83. The van der Waals surface area contributed by atoms with Gasteiger partial charge in [0.1, 0.15) is 0 Å².